The highest BCUT2D eigenvalue weighted by molar-refractivity contribution is 7.89. The number of fused-ring (bicyclic) bond motifs is 1. The van der Waals surface area contributed by atoms with E-state index < -0.39 is 15.9 Å². The molecule has 0 N–H and O–H groups in total. The molecule has 21 heavy (non-hydrogen) atoms. The van der Waals surface area contributed by atoms with Gasteiger partial charge in [0.2, 0.25) is 0 Å². The fraction of sp³-hybridized carbons (Fsp3) is 0.133. The van der Waals surface area contributed by atoms with Crippen LogP contribution in [0.5, 0.6) is 0 Å². The minimum Gasteiger partial charge on any atom is -0.267 e. The van der Waals surface area contributed by atoms with Crippen LogP contribution in [0.25, 0.3) is 10.8 Å². The molecule has 2 aromatic carbocycles. The number of hydrogen-bond acceptors (Lipinski definition) is 3. The highest BCUT2D eigenvalue weighted by Gasteiger charge is 2.32. The van der Waals surface area contributed by atoms with E-state index in [2.05, 4.69) is 0 Å². The van der Waals surface area contributed by atoms with E-state index in [-0.39, 0.29) is 16.5 Å². The first-order chi connectivity index (χ1) is 10.00. The van der Waals surface area contributed by atoms with E-state index in [0.29, 0.717) is 6.42 Å². The summed E-state index contributed by atoms with van der Waals surface area (Å²) in [7, 11) is -3.88. The molecule has 108 valence electrons. The van der Waals surface area contributed by atoms with Gasteiger partial charge < -0.3 is 0 Å². The first-order valence-corrected chi connectivity index (χ1v) is 8.23. The lowest BCUT2D eigenvalue weighted by molar-refractivity contribution is -0.122. The van der Waals surface area contributed by atoms with Crippen molar-refractivity contribution in [1.82, 2.24) is 4.31 Å². The van der Waals surface area contributed by atoms with E-state index in [0.717, 1.165) is 15.1 Å². The molecule has 3 rings (SSSR count). The van der Waals surface area contributed by atoms with Crippen LogP contribution in [0.3, 0.4) is 0 Å². The number of carbonyl (C=O) groups excluding carboxylic acids is 1. The van der Waals surface area contributed by atoms with Crippen LogP contribution in [-0.4, -0.2) is 25.2 Å². The van der Waals surface area contributed by atoms with Gasteiger partial charge in [0.25, 0.3) is 15.9 Å². The van der Waals surface area contributed by atoms with E-state index in [1.807, 2.05) is 24.3 Å². The maximum Gasteiger partial charge on any atom is 0.278 e. The van der Waals surface area contributed by atoms with Crippen molar-refractivity contribution in [2.24, 2.45) is 0 Å². The van der Waals surface area contributed by atoms with Gasteiger partial charge in [-0.15, -0.1) is 0 Å². The van der Waals surface area contributed by atoms with Crippen LogP contribution in [0.15, 0.2) is 58.5 Å². The largest absolute Gasteiger partial charge is 0.278 e. The van der Waals surface area contributed by atoms with Gasteiger partial charge in [-0.2, -0.15) is 0 Å². The van der Waals surface area contributed by atoms with Gasteiger partial charge in [0.15, 0.2) is 0 Å². The molecule has 0 spiro atoms. The summed E-state index contributed by atoms with van der Waals surface area (Å²) in [5.74, 6) is -0.670. The van der Waals surface area contributed by atoms with Gasteiger partial charge in [0.1, 0.15) is 5.03 Å². The van der Waals surface area contributed by atoms with Crippen molar-refractivity contribution in [2.45, 2.75) is 11.3 Å². The summed E-state index contributed by atoms with van der Waals surface area (Å²) in [5, 5.41) is 1.70. The highest BCUT2D eigenvalue weighted by atomic mass is 35.5. The Morgan fingerprint density at radius 2 is 1.76 bits per heavy atom. The maximum atomic E-state index is 12.6. The molecule has 4 nitrogen and oxygen atoms in total. The molecule has 0 saturated carbocycles. The van der Waals surface area contributed by atoms with Crippen LogP contribution in [0, 0.1) is 0 Å². The Morgan fingerprint density at radius 3 is 2.52 bits per heavy atom. The predicted octanol–water partition coefficient (Wildman–Crippen LogP) is 2.88. The van der Waals surface area contributed by atoms with Gasteiger partial charge in [0, 0.05) is 6.54 Å². The summed E-state index contributed by atoms with van der Waals surface area (Å²) < 4.78 is 26.0. The SMILES string of the molecule is O=C1C(Cl)=CCCN1S(=O)(=O)c1ccc2ccccc2c1. The summed E-state index contributed by atoms with van der Waals surface area (Å²) in [6, 6.07) is 12.3. The average Bonchev–Trinajstić information content (AvgIpc) is 2.49. The quantitative estimate of drug-likeness (QED) is 0.854. The van der Waals surface area contributed by atoms with Crippen LogP contribution in [0.1, 0.15) is 6.42 Å². The van der Waals surface area contributed by atoms with Crippen molar-refractivity contribution < 1.29 is 13.2 Å². The Bertz CT molecular complexity index is 858. The van der Waals surface area contributed by atoms with Crippen molar-refractivity contribution in [3.05, 3.63) is 53.6 Å². The summed E-state index contributed by atoms with van der Waals surface area (Å²) in [4.78, 5) is 12.1. The second kappa shape index (κ2) is 5.16. The third-order valence-corrected chi connectivity index (χ3v) is 5.49. The van der Waals surface area contributed by atoms with E-state index >= 15 is 0 Å². The molecule has 2 aromatic rings. The predicted molar refractivity (Wildman–Crippen MR) is 81.4 cm³/mol. The minimum absolute atomic E-state index is 0.0504. The van der Waals surface area contributed by atoms with Gasteiger partial charge in [-0.3, -0.25) is 4.79 Å². The molecule has 1 amide bonds. The summed E-state index contributed by atoms with van der Waals surface area (Å²) >= 11 is 5.76. The molecular formula is C15H12ClNO3S. The Kier molecular flexibility index (Phi) is 3.47. The van der Waals surface area contributed by atoms with Crippen molar-refractivity contribution in [2.75, 3.05) is 6.54 Å². The second-order valence-electron chi connectivity index (χ2n) is 4.73. The zero-order valence-electron chi connectivity index (χ0n) is 11.0. The van der Waals surface area contributed by atoms with E-state index in [1.54, 1.807) is 12.1 Å². The number of nitrogens with zero attached hydrogens (tertiary/aromatic N) is 1. The fourth-order valence-corrected chi connectivity index (χ4v) is 3.99. The number of rotatable bonds is 2. The Hall–Kier alpha value is -1.85. The van der Waals surface area contributed by atoms with E-state index in [4.69, 9.17) is 11.6 Å². The first kappa shape index (κ1) is 14.1. The molecule has 1 aliphatic heterocycles. The van der Waals surface area contributed by atoms with Crippen LogP contribution >= 0.6 is 11.6 Å². The highest BCUT2D eigenvalue weighted by Crippen LogP contribution is 2.25. The van der Waals surface area contributed by atoms with Crippen molar-refractivity contribution in [3.63, 3.8) is 0 Å². The summed E-state index contributed by atoms with van der Waals surface area (Å²) in [6.07, 6.45) is 1.97. The minimum atomic E-state index is -3.88. The zero-order valence-corrected chi connectivity index (χ0v) is 12.6. The van der Waals surface area contributed by atoms with Crippen LogP contribution in [0.2, 0.25) is 0 Å². The van der Waals surface area contributed by atoms with Gasteiger partial charge in [-0.05, 0) is 29.3 Å². The third-order valence-electron chi connectivity index (χ3n) is 3.40. The van der Waals surface area contributed by atoms with Gasteiger partial charge >= 0.3 is 0 Å². The Morgan fingerprint density at radius 1 is 1.05 bits per heavy atom. The number of halogens is 1. The molecule has 0 fully saturated rings. The van der Waals surface area contributed by atoms with Gasteiger partial charge in [-0.1, -0.05) is 48.0 Å². The maximum absolute atomic E-state index is 12.6. The van der Waals surface area contributed by atoms with Crippen molar-refractivity contribution in [3.8, 4) is 0 Å². The molecule has 1 heterocycles. The molecule has 0 atom stereocenters. The second-order valence-corrected chi connectivity index (χ2v) is 7.00. The first-order valence-electron chi connectivity index (χ1n) is 6.42. The van der Waals surface area contributed by atoms with Gasteiger partial charge in [-0.25, -0.2) is 12.7 Å². The molecule has 0 bridgehead atoms. The van der Waals surface area contributed by atoms with Crippen LogP contribution in [0.4, 0.5) is 0 Å². The molecule has 0 aliphatic carbocycles. The van der Waals surface area contributed by atoms with E-state index in [1.165, 1.54) is 12.1 Å². The lowest BCUT2D eigenvalue weighted by atomic mass is 10.1. The van der Waals surface area contributed by atoms with Crippen LogP contribution in [-0.2, 0) is 14.8 Å². The fourth-order valence-electron chi connectivity index (χ4n) is 2.30. The number of benzene rings is 2. The average molecular weight is 322 g/mol. The summed E-state index contributed by atoms with van der Waals surface area (Å²) in [6.45, 7) is 0.115. The molecular weight excluding hydrogens is 310 g/mol. The molecule has 1 aliphatic rings. The molecule has 0 saturated heterocycles. The standard InChI is InChI=1S/C15H12ClNO3S/c16-14-6-3-9-17(15(14)18)21(19,20)13-8-7-11-4-1-2-5-12(11)10-13/h1-2,4-8,10H,3,9H2. The van der Waals surface area contributed by atoms with Crippen LogP contribution < -0.4 is 0 Å². The zero-order chi connectivity index (χ0) is 15.0. The molecule has 0 radical (unpaired) electrons. The third kappa shape index (κ3) is 2.43. The summed E-state index contributed by atoms with van der Waals surface area (Å²) in [5.41, 5.74) is 0. The Balaban J connectivity index is 2.08. The molecule has 0 unspecified atom stereocenters. The Labute approximate surface area is 127 Å². The molecule has 0 aromatic heterocycles. The smallest absolute Gasteiger partial charge is 0.267 e. The number of sulfonamides is 1. The van der Waals surface area contributed by atoms with Crippen molar-refractivity contribution >= 4 is 38.3 Å². The monoisotopic (exact) mass is 321 g/mol. The lowest BCUT2D eigenvalue weighted by Gasteiger charge is -2.24. The lowest BCUT2D eigenvalue weighted by Crippen LogP contribution is -2.39. The van der Waals surface area contributed by atoms with E-state index in [9.17, 15) is 13.2 Å². The number of amides is 1. The topological polar surface area (TPSA) is 54.5 Å². The number of carbonyl (C=O) groups is 1. The molecule has 6 heteroatoms. The number of hydrogen-bond donors (Lipinski definition) is 0. The van der Waals surface area contributed by atoms with Crippen molar-refractivity contribution in [1.29, 1.82) is 0 Å². The van der Waals surface area contributed by atoms with Gasteiger partial charge in [0.05, 0.1) is 4.90 Å². The normalized spacial score (nSPS) is 16.1.